The summed E-state index contributed by atoms with van der Waals surface area (Å²) in [5.41, 5.74) is 0. The third kappa shape index (κ3) is 4.16. The molecule has 0 unspecified atom stereocenters. The van der Waals surface area contributed by atoms with Gasteiger partial charge in [0.25, 0.3) is 0 Å². The normalized spacial score (nSPS) is 11.2. The first-order valence-electron chi connectivity index (χ1n) is 5.43. The molecule has 0 fully saturated rings. The van der Waals surface area contributed by atoms with Crippen molar-refractivity contribution in [2.75, 3.05) is 0 Å². The molecule has 0 N–H and O–H groups in total. The van der Waals surface area contributed by atoms with Crippen molar-refractivity contribution in [1.29, 1.82) is 0 Å². The highest BCUT2D eigenvalue weighted by Gasteiger charge is 2.04. The van der Waals surface area contributed by atoms with Crippen LogP contribution < -0.4 is 0 Å². The summed E-state index contributed by atoms with van der Waals surface area (Å²) >= 11 is 0. The summed E-state index contributed by atoms with van der Waals surface area (Å²) in [4.78, 5) is 22.6. The maximum atomic E-state index is 11.3. The number of hydrogen-bond donors (Lipinski definition) is 0. The third-order valence-electron chi connectivity index (χ3n) is 2.05. The van der Waals surface area contributed by atoms with Gasteiger partial charge < -0.3 is 13.6 Å². The van der Waals surface area contributed by atoms with Crippen molar-refractivity contribution < 1.29 is 23.2 Å². The van der Waals surface area contributed by atoms with E-state index in [9.17, 15) is 9.59 Å². The van der Waals surface area contributed by atoms with E-state index in [4.69, 9.17) is 8.83 Å². The molecular formula is C14H10O5. The molecule has 2 aromatic heterocycles. The van der Waals surface area contributed by atoms with Crippen LogP contribution in [-0.2, 0) is 14.3 Å². The van der Waals surface area contributed by atoms with Crippen LogP contribution in [0.5, 0.6) is 0 Å². The van der Waals surface area contributed by atoms with Gasteiger partial charge in [-0.05, 0) is 36.4 Å². The minimum Gasteiger partial charge on any atom is -0.465 e. The molecule has 0 atom stereocenters. The first-order valence-corrected chi connectivity index (χ1v) is 5.43. The zero-order valence-corrected chi connectivity index (χ0v) is 9.81. The molecule has 2 rings (SSSR count). The van der Waals surface area contributed by atoms with Crippen LogP contribution in [0.3, 0.4) is 0 Å². The highest BCUT2D eigenvalue weighted by molar-refractivity contribution is 5.99. The smallest absolute Gasteiger partial charge is 0.338 e. The van der Waals surface area contributed by atoms with Crippen molar-refractivity contribution in [3.05, 3.63) is 60.5 Å². The van der Waals surface area contributed by atoms with Gasteiger partial charge in [-0.3, -0.25) is 0 Å². The van der Waals surface area contributed by atoms with Crippen LogP contribution in [0.15, 0.2) is 57.8 Å². The van der Waals surface area contributed by atoms with Crippen molar-refractivity contribution in [3.63, 3.8) is 0 Å². The van der Waals surface area contributed by atoms with Crippen LogP contribution >= 0.6 is 0 Å². The molecule has 96 valence electrons. The van der Waals surface area contributed by atoms with Gasteiger partial charge >= 0.3 is 11.9 Å². The van der Waals surface area contributed by atoms with Gasteiger partial charge in [0.15, 0.2) is 0 Å². The van der Waals surface area contributed by atoms with E-state index >= 15 is 0 Å². The number of esters is 2. The summed E-state index contributed by atoms with van der Waals surface area (Å²) in [6, 6.07) is 6.70. The Hall–Kier alpha value is -2.82. The van der Waals surface area contributed by atoms with E-state index in [1.54, 1.807) is 24.3 Å². The molecule has 0 saturated heterocycles. The second-order valence-corrected chi connectivity index (χ2v) is 3.44. The number of ether oxygens (including phenoxy) is 1. The zero-order chi connectivity index (χ0) is 13.5. The molecule has 5 heteroatoms. The van der Waals surface area contributed by atoms with Gasteiger partial charge in [0.05, 0.1) is 12.5 Å². The Kier molecular flexibility index (Phi) is 4.12. The summed E-state index contributed by atoms with van der Waals surface area (Å²) in [6.07, 6.45) is 7.98. The summed E-state index contributed by atoms with van der Waals surface area (Å²) in [5, 5.41) is 0. The Morgan fingerprint density at radius 3 is 1.74 bits per heavy atom. The average molecular weight is 258 g/mol. The zero-order valence-electron chi connectivity index (χ0n) is 9.81. The Balaban J connectivity index is 1.83. The maximum absolute atomic E-state index is 11.3. The lowest BCUT2D eigenvalue weighted by atomic mass is 10.4. The Bertz CT molecular complexity index is 534. The molecular weight excluding hydrogens is 248 g/mol. The summed E-state index contributed by atoms with van der Waals surface area (Å²) in [5.74, 6) is -0.554. The molecule has 0 amide bonds. The largest absolute Gasteiger partial charge is 0.465 e. The van der Waals surface area contributed by atoms with Crippen molar-refractivity contribution in [2.45, 2.75) is 0 Å². The fraction of sp³-hybridized carbons (Fsp3) is 0. The molecule has 2 aromatic rings. The van der Waals surface area contributed by atoms with Crippen molar-refractivity contribution >= 4 is 24.1 Å². The van der Waals surface area contributed by atoms with Crippen molar-refractivity contribution in [3.8, 4) is 0 Å². The van der Waals surface area contributed by atoms with Crippen LogP contribution in [0, 0.1) is 0 Å². The molecule has 0 aliphatic carbocycles. The molecule has 0 aliphatic heterocycles. The number of carbonyl (C=O) groups is 2. The molecule has 0 spiro atoms. The Morgan fingerprint density at radius 1 is 0.895 bits per heavy atom. The molecule has 19 heavy (non-hydrogen) atoms. The quantitative estimate of drug-likeness (QED) is 0.479. The molecule has 2 heterocycles. The van der Waals surface area contributed by atoms with Crippen LogP contribution in [-0.4, -0.2) is 11.9 Å². The Morgan fingerprint density at radius 2 is 1.37 bits per heavy atom. The van der Waals surface area contributed by atoms with E-state index in [2.05, 4.69) is 4.74 Å². The van der Waals surface area contributed by atoms with Gasteiger partial charge in [0, 0.05) is 12.2 Å². The van der Waals surface area contributed by atoms with E-state index in [1.807, 2.05) is 0 Å². The maximum Gasteiger partial charge on any atom is 0.338 e. The lowest BCUT2D eigenvalue weighted by Gasteiger charge is -1.93. The monoisotopic (exact) mass is 258 g/mol. The minimum atomic E-state index is -0.773. The van der Waals surface area contributed by atoms with Crippen LogP contribution in [0.4, 0.5) is 0 Å². The van der Waals surface area contributed by atoms with E-state index in [0.717, 1.165) is 12.2 Å². The standard InChI is InChI=1S/C14H10O5/c15-13(7-5-11-3-1-9-17-11)19-14(16)8-6-12-4-2-10-18-12/h1-10H/b7-5+,8-6+. The lowest BCUT2D eigenvalue weighted by Crippen LogP contribution is -2.06. The van der Waals surface area contributed by atoms with E-state index in [-0.39, 0.29) is 0 Å². The second-order valence-electron chi connectivity index (χ2n) is 3.44. The van der Waals surface area contributed by atoms with Crippen LogP contribution in [0.1, 0.15) is 11.5 Å². The van der Waals surface area contributed by atoms with E-state index in [0.29, 0.717) is 11.5 Å². The predicted octanol–water partition coefficient (Wildman–Crippen LogP) is 2.67. The predicted molar refractivity (Wildman–Crippen MR) is 66.6 cm³/mol. The molecule has 0 aromatic carbocycles. The van der Waals surface area contributed by atoms with Gasteiger partial charge in [0.2, 0.25) is 0 Å². The van der Waals surface area contributed by atoms with Crippen LogP contribution in [0.25, 0.3) is 12.2 Å². The van der Waals surface area contributed by atoms with Gasteiger partial charge in [-0.15, -0.1) is 0 Å². The van der Waals surface area contributed by atoms with E-state index in [1.165, 1.54) is 24.7 Å². The fourth-order valence-corrected chi connectivity index (χ4v) is 1.24. The van der Waals surface area contributed by atoms with Gasteiger partial charge in [0.1, 0.15) is 11.5 Å². The summed E-state index contributed by atoms with van der Waals surface area (Å²) in [6.45, 7) is 0. The fourth-order valence-electron chi connectivity index (χ4n) is 1.24. The highest BCUT2D eigenvalue weighted by Crippen LogP contribution is 2.04. The summed E-state index contributed by atoms with van der Waals surface area (Å²) < 4.78 is 14.5. The molecule has 0 bridgehead atoms. The minimum absolute atomic E-state index is 0.496. The topological polar surface area (TPSA) is 69.7 Å². The first kappa shape index (κ1) is 12.6. The number of furan rings is 2. The van der Waals surface area contributed by atoms with Gasteiger partial charge in [-0.2, -0.15) is 0 Å². The molecule has 0 saturated carbocycles. The van der Waals surface area contributed by atoms with Crippen molar-refractivity contribution in [1.82, 2.24) is 0 Å². The number of rotatable bonds is 4. The number of carbonyl (C=O) groups excluding carboxylic acids is 2. The molecule has 5 nitrogen and oxygen atoms in total. The first-order chi connectivity index (χ1) is 9.24. The highest BCUT2D eigenvalue weighted by atomic mass is 16.6. The SMILES string of the molecule is O=C(/C=C/c1ccco1)OC(=O)/C=C/c1ccco1. The molecule has 0 aliphatic rings. The average Bonchev–Trinajstić information content (AvgIpc) is 3.07. The number of hydrogen-bond acceptors (Lipinski definition) is 5. The second kappa shape index (κ2) is 6.20. The van der Waals surface area contributed by atoms with Gasteiger partial charge in [-0.25, -0.2) is 9.59 Å². The van der Waals surface area contributed by atoms with E-state index < -0.39 is 11.9 Å². The van der Waals surface area contributed by atoms with Crippen LogP contribution in [0.2, 0.25) is 0 Å². The lowest BCUT2D eigenvalue weighted by molar-refractivity contribution is -0.152. The molecule has 0 radical (unpaired) electrons. The van der Waals surface area contributed by atoms with Gasteiger partial charge in [-0.1, -0.05) is 0 Å². The van der Waals surface area contributed by atoms with Crippen molar-refractivity contribution in [2.24, 2.45) is 0 Å². The third-order valence-corrected chi connectivity index (χ3v) is 2.05. The summed E-state index contributed by atoms with van der Waals surface area (Å²) in [7, 11) is 0. The Labute approximate surface area is 108 Å².